The number of hydrogen-bond donors (Lipinski definition) is 1. The van der Waals surface area contributed by atoms with Gasteiger partial charge in [-0.05, 0) is 51.0 Å². The maximum atomic E-state index is 12.9. The van der Waals surface area contributed by atoms with Gasteiger partial charge >= 0.3 is 0 Å². The van der Waals surface area contributed by atoms with Gasteiger partial charge in [0.2, 0.25) is 5.91 Å². The highest BCUT2D eigenvalue weighted by atomic mass is 32.2. The Morgan fingerprint density at radius 3 is 2.75 bits per heavy atom. The summed E-state index contributed by atoms with van der Waals surface area (Å²) in [5.74, 6) is -0.220. The number of carbonyl (C=O) groups is 2. The molecule has 8 nitrogen and oxygen atoms in total. The lowest BCUT2D eigenvalue weighted by molar-refractivity contribution is -0.117. The van der Waals surface area contributed by atoms with Crippen molar-refractivity contribution in [1.82, 2.24) is 25.0 Å². The van der Waals surface area contributed by atoms with Crippen LogP contribution in [0.25, 0.3) is 16.9 Å². The predicted molar refractivity (Wildman–Crippen MR) is 143 cm³/mol. The van der Waals surface area contributed by atoms with Gasteiger partial charge in [0.1, 0.15) is 7.85 Å². The molecule has 2 unspecified atom stereocenters. The molecule has 2 radical (unpaired) electrons. The summed E-state index contributed by atoms with van der Waals surface area (Å²) in [5.41, 5.74) is 5.66. The summed E-state index contributed by atoms with van der Waals surface area (Å²) in [6, 6.07) is 9.38. The summed E-state index contributed by atoms with van der Waals surface area (Å²) < 4.78 is 1.89. The molecule has 0 bridgehead atoms. The van der Waals surface area contributed by atoms with Gasteiger partial charge in [-0.1, -0.05) is 23.3 Å². The van der Waals surface area contributed by atoms with E-state index in [-0.39, 0.29) is 29.1 Å². The van der Waals surface area contributed by atoms with Crippen LogP contribution in [0.3, 0.4) is 0 Å². The Balaban J connectivity index is 1.61. The van der Waals surface area contributed by atoms with Gasteiger partial charge < -0.3 is 10.2 Å². The zero-order valence-corrected chi connectivity index (χ0v) is 21.5. The minimum Gasteiger partial charge on any atom is -0.339 e. The van der Waals surface area contributed by atoms with Crippen molar-refractivity contribution in [3.05, 3.63) is 59.5 Å². The third-order valence-electron chi connectivity index (χ3n) is 6.67. The minimum atomic E-state index is -0.138. The van der Waals surface area contributed by atoms with Crippen LogP contribution in [-0.4, -0.2) is 63.6 Å². The van der Waals surface area contributed by atoms with Gasteiger partial charge in [-0.15, -0.1) is 0 Å². The van der Waals surface area contributed by atoms with Crippen LogP contribution in [0.4, 0.5) is 0 Å². The van der Waals surface area contributed by atoms with Crippen molar-refractivity contribution in [3.8, 4) is 16.9 Å². The Kier molecular flexibility index (Phi) is 6.46. The number of pyridine rings is 1. The number of benzene rings is 1. The number of carbonyl (C=O) groups excluding carboxylic acids is 2. The van der Waals surface area contributed by atoms with Gasteiger partial charge in [-0.2, -0.15) is 5.10 Å². The van der Waals surface area contributed by atoms with E-state index in [1.165, 1.54) is 6.92 Å². The average Bonchev–Trinajstić information content (AvgIpc) is 3.44. The van der Waals surface area contributed by atoms with E-state index in [1.807, 2.05) is 42.9 Å². The van der Waals surface area contributed by atoms with Gasteiger partial charge in [-0.3, -0.25) is 19.6 Å². The first-order chi connectivity index (χ1) is 17.2. The molecule has 1 aromatic carbocycles. The third kappa shape index (κ3) is 4.34. The number of aromatic nitrogens is 3. The van der Waals surface area contributed by atoms with E-state index < -0.39 is 0 Å². The first-order valence-corrected chi connectivity index (χ1v) is 12.8. The van der Waals surface area contributed by atoms with Crippen molar-refractivity contribution < 1.29 is 9.59 Å². The molecular formula is C26H27BN6O2S. The summed E-state index contributed by atoms with van der Waals surface area (Å²) in [4.78, 5) is 35.3. The Labute approximate surface area is 216 Å². The average molecular weight is 498 g/mol. The molecule has 1 aliphatic heterocycles. The van der Waals surface area contributed by atoms with E-state index in [1.54, 1.807) is 42.0 Å². The lowest BCUT2D eigenvalue weighted by atomic mass is 9.89. The minimum absolute atomic E-state index is 0.0127. The summed E-state index contributed by atoms with van der Waals surface area (Å²) in [6.07, 6.45) is 5.21. The number of hydrogen-bond acceptors (Lipinski definition) is 6. The number of nitrogens with one attached hydrogen (secondary N) is 1. The quantitative estimate of drug-likeness (QED) is 0.559. The maximum absolute atomic E-state index is 12.9. The molecule has 0 fully saturated rings. The fourth-order valence-electron chi connectivity index (χ4n) is 4.65. The number of nitrogens with zero attached hydrogens (tertiary/aromatic N) is 5. The third-order valence-corrected chi connectivity index (χ3v) is 7.89. The number of aliphatic imine (C=N–C) groups is 1. The second-order valence-corrected chi connectivity index (χ2v) is 10.5. The van der Waals surface area contributed by atoms with E-state index in [9.17, 15) is 9.59 Å². The molecule has 2 amide bonds. The van der Waals surface area contributed by atoms with Crippen LogP contribution in [0.2, 0.25) is 0 Å². The topological polar surface area (TPSA) is 92.5 Å². The van der Waals surface area contributed by atoms with Crippen LogP contribution >= 0.6 is 11.8 Å². The first-order valence-electron chi connectivity index (χ1n) is 12.0. The molecule has 1 N–H and O–H groups in total. The van der Waals surface area contributed by atoms with Crippen molar-refractivity contribution in [1.29, 1.82) is 0 Å². The monoisotopic (exact) mass is 498 g/mol. The Morgan fingerprint density at radius 1 is 1.28 bits per heavy atom. The van der Waals surface area contributed by atoms with Gasteiger partial charge in [0.25, 0.3) is 5.91 Å². The highest BCUT2D eigenvalue weighted by Gasteiger charge is 2.41. The second kappa shape index (κ2) is 9.57. The van der Waals surface area contributed by atoms with Crippen molar-refractivity contribution in [2.24, 2.45) is 4.99 Å². The molecule has 2 atom stereocenters. The molecule has 10 heteroatoms. The van der Waals surface area contributed by atoms with E-state index in [4.69, 9.17) is 17.9 Å². The van der Waals surface area contributed by atoms with E-state index >= 15 is 0 Å². The lowest BCUT2D eigenvalue weighted by Crippen LogP contribution is -2.33. The van der Waals surface area contributed by atoms with Crippen LogP contribution in [0, 0.1) is 0 Å². The molecule has 5 rings (SSSR count). The number of amidine groups is 1. The highest BCUT2D eigenvalue weighted by Crippen LogP contribution is 2.48. The van der Waals surface area contributed by atoms with Crippen molar-refractivity contribution >= 4 is 42.1 Å². The molecule has 1 aliphatic carbocycles. The molecule has 0 spiro atoms. The number of fused-ring (bicyclic) bond motifs is 3. The lowest BCUT2D eigenvalue weighted by Gasteiger charge is -2.26. The molecule has 2 aromatic heterocycles. The normalized spacial score (nSPS) is 18.4. The van der Waals surface area contributed by atoms with Gasteiger partial charge in [0.05, 0.1) is 28.4 Å². The van der Waals surface area contributed by atoms with Crippen LogP contribution < -0.4 is 10.8 Å². The fraction of sp³-hybridized carbons (Fsp3) is 0.346. The fourth-order valence-corrected chi connectivity index (χ4v) is 5.99. The summed E-state index contributed by atoms with van der Waals surface area (Å²) in [5, 5.41) is 8.49. The molecule has 36 heavy (non-hydrogen) atoms. The van der Waals surface area contributed by atoms with Crippen molar-refractivity contribution in [2.45, 2.75) is 50.9 Å². The Bertz CT molecular complexity index is 1370. The van der Waals surface area contributed by atoms with E-state index in [0.29, 0.717) is 21.9 Å². The summed E-state index contributed by atoms with van der Waals surface area (Å²) in [7, 11) is 8.33. The summed E-state index contributed by atoms with van der Waals surface area (Å²) in [6.45, 7) is 5.43. The molecule has 182 valence electrons. The molecule has 3 heterocycles. The van der Waals surface area contributed by atoms with E-state index in [0.717, 1.165) is 35.4 Å². The smallest absolute Gasteiger partial charge is 0.253 e. The molecule has 3 aromatic rings. The standard InChI is InChI=1S/C26H27BN6O2S/c1-14(2)32(4)25(35)16-7-10-21(19(27)12-16)33-23-18(22(31-33)17-6-5-11-28-13-17)8-9-20-24(23)36-26(30-20)29-15(3)34/h5-7,10-14,20,24H,8-9H2,1-4H3,(H,29,30,34). The largest absolute Gasteiger partial charge is 0.339 e. The van der Waals surface area contributed by atoms with Crippen LogP contribution in [0.15, 0.2) is 47.7 Å². The second-order valence-electron chi connectivity index (χ2n) is 9.41. The van der Waals surface area contributed by atoms with Crippen LogP contribution in [-0.2, 0) is 11.2 Å². The van der Waals surface area contributed by atoms with Crippen molar-refractivity contribution in [3.63, 3.8) is 0 Å². The molecule has 2 aliphatic rings. The van der Waals surface area contributed by atoms with Gasteiger partial charge in [0.15, 0.2) is 5.17 Å². The van der Waals surface area contributed by atoms with E-state index in [2.05, 4.69) is 10.3 Å². The zero-order chi connectivity index (χ0) is 25.6. The van der Waals surface area contributed by atoms with Crippen LogP contribution in [0.5, 0.6) is 0 Å². The maximum Gasteiger partial charge on any atom is 0.253 e. The Hall–Kier alpha value is -3.40. The SMILES string of the molecule is [B]c1cc(C(=O)N(C)C(C)C)ccc1-n1nc(-c2cccnc2)c2c1C1SC(NC(C)=O)=NC1CC2. The van der Waals surface area contributed by atoms with Crippen LogP contribution in [0.1, 0.15) is 54.1 Å². The van der Waals surface area contributed by atoms with Gasteiger partial charge in [0, 0.05) is 49.1 Å². The predicted octanol–water partition coefficient (Wildman–Crippen LogP) is 2.80. The molecular weight excluding hydrogens is 471 g/mol. The first kappa shape index (κ1) is 24.3. The molecule has 0 saturated carbocycles. The Morgan fingerprint density at radius 2 is 2.08 bits per heavy atom. The van der Waals surface area contributed by atoms with Gasteiger partial charge in [-0.25, -0.2) is 4.68 Å². The zero-order valence-electron chi connectivity index (χ0n) is 20.7. The number of amides is 2. The number of rotatable bonds is 4. The highest BCUT2D eigenvalue weighted by molar-refractivity contribution is 8.14. The summed E-state index contributed by atoms with van der Waals surface area (Å²) >= 11 is 1.54. The number of thioether (sulfide) groups is 1. The molecule has 0 saturated heterocycles. The van der Waals surface area contributed by atoms with Crippen molar-refractivity contribution in [2.75, 3.05) is 7.05 Å².